The van der Waals surface area contributed by atoms with Gasteiger partial charge in [0.2, 0.25) is 0 Å². The number of methoxy groups -OCH3 is 1. The fraction of sp³-hybridized carbons (Fsp3) is 0.750. The summed E-state index contributed by atoms with van der Waals surface area (Å²) < 4.78 is 26.8. The first-order valence-corrected chi connectivity index (χ1v) is 5.82. The van der Waals surface area contributed by atoms with Crippen LogP contribution in [0, 0.1) is 0 Å². The quantitative estimate of drug-likeness (QED) is 0.616. The predicted molar refractivity (Wildman–Crippen MR) is 51.3 cm³/mol. The van der Waals surface area contributed by atoms with E-state index in [1.165, 1.54) is 21.0 Å². The zero-order chi connectivity index (χ0) is 11.9. The minimum absolute atomic E-state index is 0.114. The summed E-state index contributed by atoms with van der Waals surface area (Å²) in [7, 11) is -2.37. The lowest BCUT2D eigenvalue weighted by Gasteiger charge is -2.42. The number of carbonyl (C=O) groups excluding carboxylic acids is 2. The Morgan fingerprint density at radius 3 is 2.40 bits per heavy atom. The molecule has 0 aromatic rings. The Hall–Kier alpha value is -1.11. The van der Waals surface area contributed by atoms with E-state index in [4.69, 9.17) is 0 Å². The van der Waals surface area contributed by atoms with Gasteiger partial charge in [-0.25, -0.2) is 12.7 Å². The first-order chi connectivity index (χ1) is 6.75. The van der Waals surface area contributed by atoms with Crippen LogP contribution in [0.5, 0.6) is 0 Å². The Labute approximate surface area is 88.2 Å². The third-order valence-electron chi connectivity index (χ3n) is 2.42. The zero-order valence-corrected chi connectivity index (χ0v) is 9.63. The summed E-state index contributed by atoms with van der Waals surface area (Å²) in [6.45, 7) is 2.55. The van der Waals surface area contributed by atoms with Gasteiger partial charge < -0.3 is 4.74 Å². The summed E-state index contributed by atoms with van der Waals surface area (Å²) in [5, 5.41) is 0. The highest BCUT2D eigenvalue weighted by atomic mass is 32.2. The van der Waals surface area contributed by atoms with Crippen LogP contribution in [0.1, 0.15) is 20.3 Å². The third-order valence-corrected chi connectivity index (χ3v) is 4.82. The van der Waals surface area contributed by atoms with Crippen LogP contribution in [0.15, 0.2) is 0 Å². The number of hydrogen-bond acceptors (Lipinski definition) is 5. The molecular formula is C8H13NO5S. The molecule has 1 rings (SSSR count). The van der Waals surface area contributed by atoms with Gasteiger partial charge in [0.25, 0.3) is 15.9 Å². The van der Waals surface area contributed by atoms with Crippen molar-refractivity contribution in [3.8, 4) is 0 Å². The number of esters is 1. The van der Waals surface area contributed by atoms with Gasteiger partial charge in [-0.1, -0.05) is 0 Å². The largest absolute Gasteiger partial charge is 0.469 e. The van der Waals surface area contributed by atoms with E-state index in [1.807, 2.05) is 0 Å². The fourth-order valence-electron chi connectivity index (χ4n) is 1.27. The smallest absolute Gasteiger partial charge is 0.307 e. The second kappa shape index (κ2) is 3.48. The van der Waals surface area contributed by atoms with Crippen molar-refractivity contribution in [3.63, 3.8) is 0 Å². The summed E-state index contributed by atoms with van der Waals surface area (Å²) in [4.78, 5) is 22.2. The standard InChI is InChI=1S/C8H13NO5S/c1-8(2)7(11)9(15(8,12)13)5-4-6(10)14-3/h4-5H2,1-3H3. The molecule has 1 aliphatic rings. The molecule has 1 amide bonds. The molecule has 7 heteroatoms. The lowest BCUT2D eigenvalue weighted by atomic mass is 10.2. The molecule has 6 nitrogen and oxygen atoms in total. The van der Waals surface area contributed by atoms with Crippen molar-refractivity contribution < 1.29 is 22.7 Å². The lowest BCUT2D eigenvalue weighted by Crippen LogP contribution is -2.67. The Morgan fingerprint density at radius 2 is 2.00 bits per heavy atom. The van der Waals surface area contributed by atoms with Crippen molar-refractivity contribution in [1.82, 2.24) is 4.31 Å². The maximum atomic E-state index is 11.5. The van der Waals surface area contributed by atoms with Crippen LogP contribution in [-0.2, 0) is 24.3 Å². The number of nitrogens with zero attached hydrogens (tertiary/aromatic N) is 1. The Kier molecular flexibility index (Phi) is 2.77. The third kappa shape index (κ3) is 1.60. The molecule has 0 aliphatic carbocycles. The normalized spacial score (nSPS) is 22.1. The molecule has 0 radical (unpaired) electrons. The van der Waals surface area contributed by atoms with Gasteiger partial charge in [0.15, 0.2) is 4.75 Å². The van der Waals surface area contributed by atoms with Crippen LogP contribution in [0.4, 0.5) is 0 Å². The number of sulfonamides is 1. The summed E-state index contributed by atoms with van der Waals surface area (Å²) in [6, 6.07) is 0. The minimum Gasteiger partial charge on any atom is -0.469 e. The zero-order valence-electron chi connectivity index (χ0n) is 8.81. The first-order valence-electron chi connectivity index (χ1n) is 4.38. The highest BCUT2D eigenvalue weighted by Gasteiger charge is 2.59. The molecule has 1 aliphatic heterocycles. The van der Waals surface area contributed by atoms with E-state index in [0.29, 0.717) is 4.31 Å². The molecule has 15 heavy (non-hydrogen) atoms. The van der Waals surface area contributed by atoms with E-state index >= 15 is 0 Å². The van der Waals surface area contributed by atoms with E-state index in [0.717, 1.165) is 0 Å². The number of amides is 1. The van der Waals surface area contributed by atoms with Gasteiger partial charge in [-0.15, -0.1) is 0 Å². The highest BCUT2D eigenvalue weighted by molar-refractivity contribution is 7.94. The van der Waals surface area contributed by atoms with Crippen LogP contribution in [-0.4, -0.2) is 43.0 Å². The molecule has 0 bridgehead atoms. The minimum atomic E-state index is -3.58. The highest BCUT2D eigenvalue weighted by Crippen LogP contribution is 2.34. The van der Waals surface area contributed by atoms with Gasteiger partial charge >= 0.3 is 5.97 Å². The Morgan fingerprint density at radius 1 is 1.47 bits per heavy atom. The molecule has 1 fully saturated rings. The van der Waals surface area contributed by atoms with Gasteiger partial charge in [0.05, 0.1) is 13.5 Å². The maximum absolute atomic E-state index is 11.5. The van der Waals surface area contributed by atoms with E-state index in [-0.39, 0.29) is 13.0 Å². The van der Waals surface area contributed by atoms with Crippen molar-refractivity contribution >= 4 is 21.9 Å². The van der Waals surface area contributed by atoms with Crippen molar-refractivity contribution in [3.05, 3.63) is 0 Å². The molecule has 1 saturated heterocycles. The molecule has 0 aromatic heterocycles. The average molecular weight is 235 g/mol. The van der Waals surface area contributed by atoms with E-state index in [1.54, 1.807) is 0 Å². The molecule has 0 aromatic carbocycles. The van der Waals surface area contributed by atoms with Crippen LogP contribution in [0.25, 0.3) is 0 Å². The van der Waals surface area contributed by atoms with Gasteiger partial charge in [-0.3, -0.25) is 9.59 Å². The number of hydrogen-bond donors (Lipinski definition) is 0. The fourth-order valence-corrected chi connectivity index (χ4v) is 2.80. The maximum Gasteiger partial charge on any atom is 0.307 e. The summed E-state index contributed by atoms with van der Waals surface area (Å²) in [6.07, 6.45) is -0.114. The van der Waals surface area contributed by atoms with Gasteiger partial charge in [-0.2, -0.15) is 0 Å². The number of carbonyl (C=O) groups is 2. The second-order valence-corrected chi connectivity index (χ2v) is 6.13. The van der Waals surface area contributed by atoms with Gasteiger partial charge in [0.1, 0.15) is 0 Å². The topological polar surface area (TPSA) is 80.8 Å². The van der Waals surface area contributed by atoms with Crippen molar-refractivity contribution in [2.24, 2.45) is 0 Å². The van der Waals surface area contributed by atoms with Gasteiger partial charge in [0, 0.05) is 6.54 Å². The van der Waals surface area contributed by atoms with Crippen LogP contribution >= 0.6 is 0 Å². The molecule has 0 atom stereocenters. The van der Waals surface area contributed by atoms with Crippen molar-refractivity contribution in [2.45, 2.75) is 25.0 Å². The molecular weight excluding hydrogens is 222 g/mol. The number of rotatable bonds is 3. The van der Waals surface area contributed by atoms with Crippen molar-refractivity contribution in [1.29, 1.82) is 0 Å². The van der Waals surface area contributed by atoms with Crippen LogP contribution in [0.2, 0.25) is 0 Å². The molecule has 0 spiro atoms. The molecule has 86 valence electrons. The number of ether oxygens (including phenoxy) is 1. The monoisotopic (exact) mass is 235 g/mol. The van der Waals surface area contributed by atoms with E-state index in [9.17, 15) is 18.0 Å². The second-order valence-electron chi connectivity index (χ2n) is 3.72. The molecule has 1 heterocycles. The lowest BCUT2D eigenvalue weighted by molar-refractivity contribution is -0.141. The van der Waals surface area contributed by atoms with Crippen molar-refractivity contribution in [2.75, 3.05) is 13.7 Å². The Bertz CT molecular complexity index is 397. The Balaban J connectivity index is 2.68. The van der Waals surface area contributed by atoms with Gasteiger partial charge in [-0.05, 0) is 13.8 Å². The predicted octanol–water partition coefficient (Wildman–Crippen LogP) is -0.500. The average Bonchev–Trinajstić information content (AvgIpc) is 2.16. The van der Waals surface area contributed by atoms with Crippen LogP contribution < -0.4 is 0 Å². The summed E-state index contributed by atoms with van der Waals surface area (Å²) >= 11 is 0. The van der Waals surface area contributed by atoms with E-state index < -0.39 is 26.6 Å². The molecule has 0 unspecified atom stereocenters. The van der Waals surface area contributed by atoms with E-state index in [2.05, 4.69) is 4.74 Å². The molecule has 0 N–H and O–H groups in total. The molecule has 0 saturated carbocycles. The summed E-state index contributed by atoms with van der Waals surface area (Å²) in [5.41, 5.74) is 0. The first kappa shape index (κ1) is 12.0. The van der Waals surface area contributed by atoms with Crippen LogP contribution in [0.3, 0.4) is 0 Å². The summed E-state index contributed by atoms with van der Waals surface area (Å²) in [5.74, 6) is -1.02. The SMILES string of the molecule is COC(=O)CCN1C(=O)C(C)(C)S1(=O)=O.